The summed E-state index contributed by atoms with van der Waals surface area (Å²) in [6.45, 7) is 2.12. The molecule has 0 spiro atoms. The Morgan fingerprint density at radius 1 is 1.07 bits per heavy atom. The van der Waals surface area contributed by atoms with Gasteiger partial charge < -0.3 is 4.74 Å². The van der Waals surface area contributed by atoms with Gasteiger partial charge in [-0.3, -0.25) is 0 Å². The second kappa shape index (κ2) is 7.78. The molecule has 1 heterocycles. The highest BCUT2D eigenvalue weighted by atomic mass is 19.4. The van der Waals surface area contributed by atoms with Gasteiger partial charge in [-0.2, -0.15) is 13.2 Å². The molecule has 0 bridgehead atoms. The van der Waals surface area contributed by atoms with Crippen molar-refractivity contribution in [2.75, 3.05) is 0 Å². The third kappa shape index (κ3) is 4.45. The van der Waals surface area contributed by atoms with Crippen molar-refractivity contribution in [3.05, 3.63) is 76.5 Å². The molecule has 1 aliphatic rings. The van der Waals surface area contributed by atoms with Crippen LogP contribution in [0.2, 0.25) is 0 Å². The van der Waals surface area contributed by atoms with Crippen molar-refractivity contribution >= 4 is 17.9 Å². The number of carbonyl (C=O) groups excluding carboxylic acids is 1. The average Bonchev–Trinajstić information content (AvgIpc) is 3.00. The topological polar surface area (TPSA) is 38.7 Å². The van der Waals surface area contributed by atoms with E-state index in [-0.39, 0.29) is 17.2 Å². The number of ether oxygens (including phenoxy) is 1. The maximum atomic E-state index is 13.1. The first-order chi connectivity index (χ1) is 12.9. The molecule has 0 fully saturated rings. The fourth-order valence-electron chi connectivity index (χ4n) is 2.76. The molecule has 27 heavy (non-hydrogen) atoms. The molecule has 140 valence electrons. The van der Waals surface area contributed by atoms with Crippen LogP contribution in [-0.2, 0) is 22.1 Å². The largest absolute Gasteiger partial charge is 0.416 e. The predicted octanol–water partition coefficient (Wildman–Crippen LogP) is 5.39. The standard InChI is InChI=1S/C21H18F3NO2/c1-2-3-6-14-9-11-15(12-10-14)19-25-18(20(26)27-19)13-16-7-4-5-8-17(16)21(22,23)24/h4-5,7-13H,2-3,6H2,1H3. The number of carbonyl (C=O) groups is 1. The zero-order valence-corrected chi connectivity index (χ0v) is 14.7. The van der Waals surface area contributed by atoms with Crippen LogP contribution in [0.5, 0.6) is 0 Å². The highest BCUT2D eigenvalue weighted by molar-refractivity contribution is 6.12. The summed E-state index contributed by atoms with van der Waals surface area (Å²) in [6.07, 6.45) is -0.270. The van der Waals surface area contributed by atoms with E-state index in [0.29, 0.717) is 5.56 Å². The van der Waals surface area contributed by atoms with Gasteiger partial charge >= 0.3 is 12.1 Å². The second-order valence-corrected chi connectivity index (χ2v) is 6.22. The Labute approximate surface area is 155 Å². The monoisotopic (exact) mass is 373 g/mol. The number of aliphatic imine (C=N–C) groups is 1. The lowest BCUT2D eigenvalue weighted by atomic mass is 10.1. The molecule has 0 saturated carbocycles. The smallest absolute Gasteiger partial charge is 0.402 e. The molecule has 2 aromatic carbocycles. The molecule has 1 aliphatic heterocycles. The first-order valence-electron chi connectivity index (χ1n) is 8.66. The van der Waals surface area contributed by atoms with Gasteiger partial charge in [-0.05, 0) is 48.2 Å². The van der Waals surface area contributed by atoms with Gasteiger partial charge in [0.15, 0.2) is 5.70 Å². The van der Waals surface area contributed by atoms with Gasteiger partial charge in [-0.1, -0.05) is 43.7 Å². The van der Waals surface area contributed by atoms with Crippen LogP contribution in [-0.4, -0.2) is 11.9 Å². The molecule has 0 unspecified atom stereocenters. The summed E-state index contributed by atoms with van der Waals surface area (Å²) >= 11 is 0. The Morgan fingerprint density at radius 3 is 2.44 bits per heavy atom. The summed E-state index contributed by atoms with van der Waals surface area (Å²) in [4.78, 5) is 16.1. The molecule has 0 atom stereocenters. The summed E-state index contributed by atoms with van der Waals surface area (Å²) in [5.74, 6) is -0.671. The first kappa shape index (κ1) is 18.9. The minimum Gasteiger partial charge on any atom is -0.402 e. The van der Waals surface area contributed by atoms with E-state index >= 15 is 0 Å². The van der Waals surface area contributed by atoms with Gasteiger partial charge in [-0.25, -0.2) is 9.79 Å². The Kier molecular flexibility index (Phi) is 5.44. The Bertz CT molecular complexity index is 896. The normalized spacial score (nSPS) is 15.8. The first-order valence-corrected chi connectivity index (χ1v) is 8.66. The van der Waals surface area contributed by atoms with E-state index in [2.05, 4.69) is 11.9 Å². The van der Waals surface area contributed by atoms with Crippen LogP contribution in [0, 0.1) is 0 Å². The van der Waals surface area contributed by atoms with Gasteiger partial charge in [0.05, 0.1) is 5.56 Å². The van der Waals surface area contributed by atoms with Gasteiger partial charge in [0.1, 0.15) is 0 Å². The molecule has 3 rings (SSSR count). The van der Waals surface area contributed by atoms with E-state index in [1.807, 2.05) is 12.1 Å². The summed E-state index contributed by atoms with van der Waals surface area (Å²) in [7, 11) is 0. The number of hydrogen-bond donors (Lipinski definition) is 0. The van der Waals surface area contributed by atoms with Gasteiger partial charge in [0, 0.05) is 5.56 Å². The van der Waals surface area contributed by atoms with Crippen LogP contribution >= 0.6 is 0 Å². The van der Waals surface area contributed by atoms with Crippen molar-refractivity contribution in [3.8, 4) is 0 Å². The molecule has 0 aliphatic carbocycles. The van der Waals surface area contributed by atoms with Crippen molar-refractivity contribution in [1.29, 1.82) is 0 Å². The van der Waals surface area contributed by atoms with Crippen molar-refractivity contribution in [2.24, 2.45) is 4.99 Å². The minimum absolute atomic E-state index is 0.0952. The van der Waals surface area contributed by atoms with E-state index in [0.717, 1.165) is 31.4 Å². The molecule has 0 aromatic heterocycles. The maximum absolute atomic E-state index is 13.1. The Hall–Kier alpha value is -2.89. The third-order valence-electron chi connectivity index (χ3n) is 4.20. The maximum Gasteiger partial charge on any atom is 0.416 e. The molecule has 0 amide bonds. The molecule has 3 nitrogen and oxygen atoms in total. The van der Waals surface area contributed by atoms with Crippen LogP contribution in [0.3, 0.4) is 0 Å². The number of nitrogens with zero attached hydrogens (tertiary/aromatic N) is 1. The average molecular weight is 373 g/mol. The van der Waals surface area contributed by atoms with Crippen molar-refractivity contribution in [1.82, 2.24) is 0 Å². The molecule has 2 aromatic rings. The van der Waals surface area contributed by atoms with Crippen molar-refractivity contribution in [3.63, 3.8) is 0 Å². The molecule has 0 radical (unpaired) electrons. The Balaban J connectivity index is 1.88. The number of benzene rings is 2. The summed E-state index contributed by atoms with van der Waals surface area (Å²) in [5, 5.41) is 0. The predicted molar refractivity (Wildman–Crippen MR) is 97.1 cm³/mol. The molecule has 6 heteroatoms. The summed E-state index contributed by atoms with van der Waals surface area (Å²) < 4.78 is 44.5. The lowest BCUT2D eigenvalue weighted by Gasteiger charge is -2.09. The second-order valence-electron chi connectivity index (χ2n) is 6.22. The van der Waals surface area contributed by atoms with E-state index in [9.17, 15) is 18.0 Å². The molecular formula is C21H18F3NO2. The van der Waals surface area contributed by atoms with E-state index in [1.54, 1.807) is 12.1 Å². The number of aryl methyl sites for hydroxylation is 1. The van der Waals surface area contributed by atoms with Crippen LogP contribution in [0.4, 0.5) is 13.2 Å². The number of halogens is 3. The lowest BCUT2D eigenvalue weighted by molar-refractivity contribution is -0.137. The van der Waals surface area contributed by atoms with Gasteiger partial charge in [-0.15, -0.1) is 0 Å². The Morgan fingerprint density at radius 2 is 1.78 bits per heavy atom. The van der Waals surface area contributed by atoms with E-state index in [1.165, 1.54) is 23.8 Å². The number of unbranched alkanes of at least 4 members (excludes halogenated alkanes) is 1. The number of rotatable bonds is 5. The zero-order valence-electron chi connectivity index (χ0n) is 14.7. The SMILES string of the molecule is CCCCc1ccc(C2=NC(=Cc3ccccc3C(F)(F)F)C(=O)O2)cc1. The quantitative estimate of drug-likeness (QED) is 0.520. The number of hydrogen-bond acceptors (Lipinski definition) is 3. The number of alkyl halides is 3. The number of esters is 1. The number of cyclic esters (lactones) is 1. The zero-order chi connectivity index (χ0) is 19.4. The van der Waals surface area contributed by atoms with Crippen LogP contribution in [0.15, 0.2) is 59.2 Å². The lowest BCUT2D eigenvalue weighted by Crippen LogP contribution is -2.08. The third-order valence-corrected chi connectivity index (χ3v) is 4.20. The summed E-state index contributed by atoms with van der Waals surface area (Å²) in [5.41, 5.74) is 0.666. The highest BCUT2D eigenvalue weighted by Gasteiger charge is 2.33. The van der Waals surface area contributed by atoms with E-state index in [4.69, 9.17) is 4.74 Å². The molecule has 0 saturated heterocycles. The fraction of sp³-hybridized carbons (Fsp3) is 0.238. The minimum atomic E-state index is -4.52. The van der Waals surface area contributed by atoms with E-state index < -0.39 is 17.7 Å². The summed E-state index contributed by atoms with van der Waals surface area (Å²) in [6, 6.07) is 12.5. The van der Waals surface area contributed by atoms with Crippen molar-refractivity contribution in [2.45, 2.75) is 32.4 Å². The fourth-order valence-corrected chi connectivity index (χ4v) is 2.76. The van der Waals surface area contributed by atoms with Crippen LogP contribution in [0.25, 0.3) is 6.08 Å². The van der Waals surface area contributed by atoms with Crippen LogP contribution < -0.4 is 0 Å². The van der Waals surface area contributed by atoms with Gasteiger partial charge in [0.25, 0.3) is 0 Å². The molecular weight excluding hydrogens is 355 g/mol. The van der Waals surface area contributed by atoms with Crippen LogP contribution in [0.1, 0.15) is 42.0 Å². The van der Waals surface area contributed by atoms with Gasteiger partial charge in [0.2, 0.25) is 5.90 Å². The van der Waals surface area contributed by atoms with Crippen molar-refractivity contribution < 1.29 is 22.7 Å². The molecule has 0 N–H and O–H groups in total. The highest BCUT2D eigenvalue weighted by Crippen LogP contribution is 2.33.